The van der Waals surface area contributed by atoms with Crippen LogP contribution in [0.2, 0.25) is 0 Å². The van der Waals surface area contributed by atoms with Crippen molar-refractivity contribution in [2.45, 2.75) is 26.1 Å². The van der Waals surface area contributed by atoms with Gasteiger partial charge in [-0.3, -0.25) is 0 Å². The topological polar surface area (TPSA) is 9.23 Å². The maximum Gasteiger partial charge on any atom is 0.573 e. The van der Waals surface area contributed by atoms with Gasteiger partial charge in [-0.25, -0.2) is 0 Å². The molecule has 0 saturated heterocycles. The summed E-state index contributed by atoms with van der Waals surface area (Å²) in [6, 6.07) is 6.06. The lowest BCUT2D eigenvalue weighted by molar-refractivity contribution is -0.274. The van der Waals surface area contributed by atoms with Crippen LogP contribution >= 0.6 is 0 Å². The molecule has 0 bridgehead atoms. The van der Waals surface area contributed by atoms with E-state index in [1.54, 1.807) is 12.1 Å². The second kappa shape index (κ2) is 5.05. The van der Waals surface area contributed by atoms with Crippen molar-refractivity contribution in [2.75, 3.05) is 0 Å². The van der Waals surface area contributed by atoms with Crippen molar-refractivity contribution in [3.8, 4) is 5.75 Å². The van der Waals surface area contributed by atoms with E-state index in [1.807, 2.05) is 13.3 Å². The zero-order valence-corrected chi connectivity index (χ0v) is 8.34. The van der Waals surface area contributed by atoms with Gasteiger partial charge in [0, 0.05) is 0 Å². The summed E-state index contributed by atoms with van der Waals surface area (Å²) in [7, 11) is 0. The lowest BCUT2D eigenvalue weighted by atomic mass is 10.1. The van der Waals surface area contributed by atoms with Crippen LogP contribution in [0.3, 0.4) is 0 Å². The molecule has 0 N–H and O–H groups in total. The van der Waals surface area contributed by atoms with E-state index in [0.29, 0.717) is 0 Å². The fourth-order valence-corrected chi connectivity index (χ4v) is 1.21. The highest BCUT2D eigenvalue weighted by Crippen LogP contribution is 2.23. The van der Waals surface area contributed by atoms with Gasteiger partial charge in [0.15, 0.2) is 0 Å². The maximum absolute atomic E-state index is 11.9. The normalized spacial score (nSPS) is 11.5. The van der Waals surface area contributed by atoms with E-state index in [-0.39, 0.29) is 5.75 Å². The molecule has 0 spiro atoms. The van der Waals surface area contributed by atoms with Crippen LogP contribution in [-0.2, 0) is 6.42 Å². The van der Waals surface area contributed by atoms with Gasteiger partial charge in [0.25, 0.3) is 0 Å². The average molecular weight is 217 g/mol. The lowest BCUT2D eigenvalue weighted by Crippen LogP contribution is -2.17. The second-order valence-corrected chi connectivity index (χ2v) is 3.14. The summed E-state index contributed by atoms with van der Waals surface area (Å²) in [5.41, 5.74) is 0.842. The quantitative estimate of drug-likeness (QED) is 0.746. The number of halogens is 3. The molecule has 1 aromatic rings. The van der Waals surface area contributed by atoms with Crippen molar-refractivity contribution in [1.82, 2.24) is 0 Å². The molecule has 0 saturated carbocycles. The van der Waals surface area contributed by atoms with Crippen LogP contribution in [0.15, 0.2) is 24.3 Å². The van der Waals surface area contributed by atoms with E-state index in [9.17, 15) is 13.2 Å². The van der Waals surface area contributed by atoms with Gasteiger partial charge in [0.1, 0.15) is 5.75 Å². The fourth-order valence-electron chi connectivity index (χ4n) is 1.21. The predicted octanol–water partition coefficient (Wildman–Crippen LogP) is 3.74. The summed E-state index contributed by atoms with van der Waals surface area (Å²) in [4.78, 5) is 0. The molecule has 1 nitrogen and oxygen atoms in total. The van der Waals surface area contributed by atoms with Crippen LogP contribution in [0.1, 0.15) is 18.9 Å². The highest BCUT2D eigenvalue weighted by atomic mass is 19.4. The Hall–Kier alpha value is -1.19. The first kappa shape index (κ1) is 11.9. The van der Waals surface area contributed by atoms with Crippen molar-refractivity contribution in [2.24, 2.45) is 0 Å². The molecular weight excluding hydrogens is 205 g/mol. The summed E-state index contributed by atoms with van der Waals surface area (Å²) >= 11 is 0. The number of aryl methyl sites for hydroxylation is 1. The Morgan fingerprint density at radius 1 is 1.33 bits per heavy atom. The van der Waals surface area contributed by atoms with Crippen molar-refractivity contribution in [3.05, 3.63) is 36.2 Å². The SMILES string of the molecule is C[CH]CCc1cccc(OC(F)(F)F)c1. The van der Waals surface area contributed by atoms with Crippen molar-refractivity contribution in [1.29, 1.82) is 0 Å². The highest BCUT2D eigenvalue weighted by molar-refractivity contribution is 5.28. The first-order valence-corrected chi connectivity index (χ1v) is 4.64. The molecule has 1 rings (SSSR count). The Kier molecular flexibility index (Phi) is 4.00. The van der Waals surface area contributed by atoms with E-state index in [0.717, 1.165) is 18.4 Å². The molecule has 0 aromatic heterocycles. The molecule has 83 valence electrons. The number of unbranched alkanes of at least 4 members (excludes halogenated alkanes) is 1. The number of hydrogen-bond donors (Lipinski definition) is 0. The van der Waals surface area contributed by atoms with Crippen molar-refractivity contribution in [3.63, 3.8) is 0 Å². The molecule has 4 heteroatoms. The smallest absolute Gasteiger partial charge is 0.406 e. The van der Waals surface area contributed by atoms with Gasteiger partial charge in [0.05, 0.1) is 0 Å². The van der Waals surface area contributed by atoms with Crippen molar-refractivity contribution < 1.29 is 17.9 Å². The Morgan fingerprint density at radius 2 is 2.07 bits per heavy atom. The number of hydrogen-bond acceptors (Lipinski definition) is 1. The van der Waals surface area contributed by atoms with E-state index >= 15 is 0 Å². The minimum atomic E-state index is -4.62. The summed E-state index contributed by atoms with van der Waals surface area (Å²) < 4.78 is 39.5. The van der Waals surface area contributed by atoms with E-state index in [1.165, 1.54) is 12.1 Å². The fraction of sp³-hybridized carbons (Fsp3) is 0.364. The average Bonchev–Trinajstić information content (AvgIpc) is 2.12. The van der Waals surface area contributed by atoms with Crippen LogP contribution in [0, 0.1) is 6.42 Å². The number of rotatable bonds is 4. The van der Waals surface area contributed by atoms with Crippen LogP contribution in [-0.4, -0.2) is 6.36 Å². The Balaban J connectivity index is 2.66. The number of alkyl halides is 3. The largest absolute Gasteiger partial charge is 0.573 e. The molecule has 15 heavy (non-hydrogen) atoms. The van der Waals surface area contributed by atoms with Gasteiger partial charge in [-0.15, -0.1) is 13.2 Å². The maximum atomic E-state index is 11.9. The van der Waals surface area contributed by atoms with Gasteiger partial charge in [-0.1, -0.05) is 19.1 Å². The molecular formula is C11H12F3O. The number of ether oxygens (including phenoxy) is 1. The Morgan fingerprint density at radius 3 is 2.67 bits per heavy atom. The summed E-state index contributed by atoms with van der Waals surface area (Å²) in [6.07, 6.45) is -1.08. The zero-order valence-electron chi connectivity index (χ0n) is 8.34. The lowest BCUT2D eigenvalue weighted by Gasteiger charge is -2.09. The third-order valence-corrected chi connectivity index (χ3v) is 1.85. The molecule has 0 atom stereocenters. The molecule has 0 aliphatic rings. The minimum absolute atomic E-state index is 0.156. The third kappa shape index (κ3) is 4.72. The van der Waals surface area contributed by atoms with Crippen LogP contribution < -0.4 is 4.74 Å². The Labute approximate surface area is 86.9 Å². The summed E-state index contributed by atoms with van der Waals surface area (Å²) in [6.45, 7) is 1.91. The molecule has 1 radical (unpaired) electrons. The third-order valence-electron chi connectivity index (χ3n) is 1.85. The summed E-state index contributed by atoms with van der Waals surface area (Å²) in [5.74, 6) is -0.156. The van der Waals surface area contributed by atoms with E-state index in [4.69, 9.17) is 0 Å². The molecule has 0 fully saturated rings. The summed E-state index contributed by atoms with van der Waals surface area (Å²) in [5, 5.41) is 0. The highest BCUT2D eigenvalue weighted by Gasteiger charge is 2.30. The molecule has 0 unspecified atom stereocenters. The molecule has 0 amide bonds. The van der Waals surface area contributed by atoms with Gasteiger partial charge in [0.2, 0.25) is 0 Å². The van der Waals surface area contributed by atoms with Crippen molar-refractivity contribution >= 4 is 0 Å². The van der Waals surface area contributed by atoms with Gasteiger partial charge in [-0.2, -0.15) is 0 Å². The number of benzene rings is 1. The Bertz CT molecular complexity index is 307. The molecule has 1 aromatic carbocycles. The first-order valence-electron chi connectivity index (χ1n) is 4.64. The van der Waals surface area contributed by atoms with E-state index < -0.39 is 6.36 Å². The van der Waals surface area contributed by atoms with Crippen LogP contribution in [0.5, 0.6) is 5.75 Å². The monoisotopic (exact) mass is 217 g/mol. The van der Waals surface area contributed by atoms with E-state index in [2.05, 4.69) is 4.74 Å². The van der Waals surface area contributed by atoms with Gasteiger partial charge in [-0.05, 0) is 37.0 Å². The second-order valence-electron chi connectivity index (χ2n) is 3.14. The minimum Gasteiger partial charge on any atom is -0.406 e. The van der Waals surface area contributed by atoms with Gasteiger partial charge < -0.3 is 4.74 Å². The van der Waals surface area contributed by atoms with Gasteiger partial charge >= 0.3 is 6.36 Å². The molecule has 0 heterocycles. The van der Waals surface area contributed by atoms with Crippen LogP contribution in [0.25, 0.3) is 0 Å². The van der Waals surface area contributed by atoms with Crippen LogP contribution in [0.4, 0.5) is 13.2 Å². The standard InChI is InChI=1S/C11H12F3O/c1-2-3-5-9-6-4-7-10(8-9)15-11(12,13)14/h2,4,6-8H,3,5H2,1H3. The molecule has 0 aliphatic heterocycles. The molecule has 0 aliphatic carbocycles. The zero-order chi connectivity index (χ0) is 11.3. The predicted molar refractivity (Wildman–Crippen MR) is 51.4 cm³/mol. The first-order chi connectivity index (χ1) is 7.01.